The summed E-state index contributed by atoms with van der Waals surface area (Å²) in [5.74, 6) is 1.40. The van der Waals surface area contributed by atoms with Crippen molar-refractivity contribution < 1.29 is 4.79 Å². The van der Waals surface area contributed by atoms with Gasteiger partial charge in [-0.3, -0.25) is 4.79 Å². The molecule has 0 aliphatic carbocycles. The van der Waals surface area contributed by atoms with Gasteiger partial charge in [0.2, 0.25) is 5.91 Å². The van der Waals surface area contributed by atoms with Crippen molar-refractivity contribution in [1.29, 1.82) is 0 Å². The fourth-order valence-corrected chi connectivity index (χ4v) is 2.07. The van der Waals surface area contributed by atoms with Crippen LogP contribution in [0.5, 0.6) is 0 Å². The van der Waals surface area contributed by atoms with Crippen molar-refractivity contribution in [3.05, 3.63) is 0 Å². The lowest BCUT2D eigenvalue weighted by molar-refractivity contribution is -0.121. The Bertz CT molecular complexity index is 345. The molecule has 0 fully saturated rings. The van der Waals surface area contributed by atoms with Gasteiger partial charge < -0.3 is 16.0 Å². The van der Waals surface area contributed by atoms with Crippen LogP contribution in [0.25, 0.3) is 0 Å². The van der Waals surface area contributed by atoms with Crippen molar-refractivity contribution in [2.24, 2.45) is 10.9 Å². The molecule has 1 amide bonds. The van der Waals surface area contributed by atoms with E-state index in [0.717, 1.165) is 18.9 Å². The molecule has 5 heteroatoms. The molecule has 0 spiro atoms. The van der Waals surface area contributed by atoms with Gasteiger partial charge in [0.05, 0.1) is 0 Å². The molecule has 22 heavy (non-hydrogen) atoms. The van der Waals surface area contributed by atoms with E-state index < -0.39 is 0 Å². The lowest BCUT2D eigenvalue weighted by Gasteiger charge is -2.21. The molecule has 0 aromatic carbocycles. The van der Waals surface area contributed by atoms with E-state index in [1.54, 1.807) is 0 Å². The monoisotopic (exact) mass is 312 g/mol. The Balaban J connectivity index is 4.33. The van der Waals surface area contributed by atoms with E-state index in [0.29, 0.717) is 12.0 Å². The van der Waals surface area contributed by atoms with Gasteiger partial charge in [-0.05, 0) is 47.0 Å². The quantitative estimate of drug-likeness (QED) is 0.477. The molecular weight excluding hydrogens is 276 g/mol. The van der Waals surface area contributed by atoms with Crippen LogP contribution in [0.4, 0.5) is 0 Å². The van der Waals surface area contributed by atoms with Crippen LogP contribution >= 0.6 is 0 Å². The van der Waals surface area contributed by atoms with Gasteiger partial charge in [-0.15, -0.1) is 0 Å². The fraction of sp³-hybridized carbons (Fsp3) is 0.882. The number of amides is 1. The Kier molecular flexibility index (Phi) is 9.86. The van der Waals surface area contributed by atoms with Crippen molar-refractivity contribution in [3.63, 3.8) is 0 Å². The normalized spacial score (nSPS) is 13.9. The lowest BCUT2D eigenvalue weighted by Crippen LogP contribution is -2.44. The van der Waals surface area contributed by atoms with Crippen LogP contribution in [0.3, 0.4) is 0 Å². The smallest absolute Gasteiger partial charge is 0.242 e. The maximum Gasteiger partial charge on any atom is 0.242 e. The second-order valence-corrected chi connectivity index (χ2v) is 7.36. The highest BCUT2D eigenvalue weighted by Crippen LogP contribution is 2.08. The molecule has 0 aromatic heterocycles. The Morgan fingerprint density at radius 3 is 2.27 bits per heavy atom. The molecule has 1 unspecified atom stereocenters. The Morgan fingerprint density at radius 1 is 1.14 bits per heavy atom. The number of hydrogen-bond donors (Lipinski definition) is 3. The summed E-state index contributed by atoms with van der Waals surface area (Å²) >= 11 is 0. The molecule has 0 rings (SSSR count). The molecule has 3 N–H and O–H groups in total. The molecule has 0 aliphatic rings. The summed E-state index contributed by atoms with van der Waals surface area (Å²) in [5.41, 5.74) is -0.220. The highest BCUT2D eigenvalue weighted by molar-refractivity contribution is 5.85. The van der Waals surface area contributed by atoms with Crippen LogP contribution in [0, 0.1) is 5.92 Å². The standard InChI is InChI=1S/C17H36N4O/c1-8-18-16(19-12-15(22)21-17(5,6)7)20-14(4)11-9-10-13(2)3/h13-14H,8-12H2,1-7H3,(H,21,22)(H2,18,19,20). The molecule has 0 aliphatic heterocycles. The largest absolute Gasteiger partial charge is 0.357 e. The lowest BCUT2D eigenvalue weighted by atomic mass is 10.0. The summed E-state index contributed by atoms with van der Waals surface area (Å²) in [6.07, 6.45) is 3.56. The Hall–Kier alpha value is -1.26. The van der Waals surface area contributed by atoms with Crippen LogP contribution in [0.2, 0.25) is 0 Å². The molecule has 0 saturated heterocycles. The maximum absolute atomic E-state index is 11.8. The number of rotatable bonds is 8. The van der Waals surface area contributed by atoms with Gasteiger partial charge in [0.15, 0.2) is 5.96 Å². The van der Waals surface area contributed by atoms with Crippen LogP contribution in [-0.4, -0.2) is 36.5 Å². The SMILES string of the molecule is CCNC(=NCC(=O)NC(C)(C)C)NC(C)CCCC(C)C. The van der Waals surface area contributed by atoms with Gasteiger partial charge >= 0.3 is 0 Å². The molecule has 0 radical (unpaired) electrons. The van der Waals surface area contributed by atoms with Crippen LogP contribution in [0.1, 0.15) is 67.7 Å². The van der Waals surface area contributed by atoms with E-state index in [9.17, 15) is 4.79 Å². The van der Waals surface area contributed by atoms with E-state index in [2.05, 4.69) is 41.7 Å². The van der Waals surface area contributed by atoms with Gasteiger partial charge in [-0.2, -0.15) is 0 Å². The number of nitrogens with zero attached hydrogens (tertiary/aromatic N) is 1. The van der Waals surface area contributed by atoms with E-state index in [-0.39, 0.29) is 18.0 Å². The minimum atomic E-state index is -0.220. The van der Waals surface area contributed by atoms with Crippen LogP contribution in [0.15, 0.2) is 4.99 Å². The van der Waals surface area contributed by atoms with Gasteiger partial charge in [0, 0.05) is 18.1 Å². The summed E-state index contributed by atoms with van der Waals surface area (Å²) in [6.45, 7) is 15.5. The van der Waals surface area contributed by atoms with Crippen LogP contribution in [-0.2, 0) is 4.79 Å². The Labute approximate surface area is 136 Å². The predicted octanol–water partition coefficient (Wildman–Crippen LogP) is 2.67. The predicted molar refractivity (Wildman–Crippen MR) is 95.2 cm³/mol. The number of guanidine groups is 1. The summed E-state index contributed by atoms with van der Waals surface area (Å²) in [6, 6.07) is 0.349. The minimum Gasteiger partial charge on any atom is -0.357 e. The number of hydrogen-bond acceptors (Lipinski definition) is 2. The third-order valence-electron chi connectivity index (χ3n) is 3.04. The zero-order chi connectivity index (χ0) is 17.2. The van der Waals surface area contributed by atoms with Gasteiger partial charge in [0.1, 0.15) is 6.54 Å². The fourth-order valence-electron chi connectivity index (χ4n) is 2.07. The minimum absolute atomic E-state index is 0.0582. The molecule has 0 heterocycles. The molecule has 1 atom stereocenters. The van der Waals surface area contributed by atoms with Crippen molar-refractivity contribution in [2.45, 2.75) is 79.3 Å². The van der Waals surface area contributed by atoms with Crippen molar-refractivity contribution in [2.75, 3.05) is 13.1 Å². The number of nitrogens with one attached hydrogen (secondary N) is 3. The Morgan fingerprint density at radius 2 is 1.77 bits per heavy atom. The zero-order valence-corrected chi connectivity index (χ0v) is 15.5. The summed E-state index contributed by atoms with van der Waals surface area (Å²) < 4.78 is 0. The topological polar surface area (TPSA) is 65.5 Å². The van der Waals surface area contributed by atoms with E-state index >= 15 is 0 Å². The average molecular weight is 313 g/mol. The molecule has 0 saturated carbocycles. The second-order valence-electron chi connectivity index (χ2n) is 7.36. The second kappa shape index (κ2) is 10.5. The first-order chi connectivity index (χ1) is 10.1. The summed E-state index contributed by atoms with van der Waals surface area (Å²) in [4.78, 5) is 16.2. The van der Waals surface area contributed by atoms with Crippen LogP contribution < -0.4 is 16.0 Å². The number of carbonyl (C=O) groups is 1. The van der Waals surface area contributed by atoms with Gasteiger partial charge in [-0.1, -0.05) is 26.7 Å². The van der Waals surface area contributed by atoms with Crippen molar-refractivity contribution >= 4 is 11.9 Å². The van der Waals surface area contributed by atoms with E-state index in [1.807, 2.05) is 27.7 Å². The van der Waals surface area contributed by atoms with E-state index in [4.69, 9.17) is 0 Å². The first kappa shape index (κ1) is 20.7. The molecular formula is C17H36N4O. The average Bonchev–Trinajstić information content (AvgIpc) is 2.33. The highest BCUT2D eigenvalue weighted by atomic mass is 16.2. The van der Waals surface area contributed by atoms with Crippen molar-refractivity contribution in [3.8, 4) is 0 Å². The van der Waals surface area contributed by atoms with Crippen molar-refractivity contribution in [1.82, 2.24) is 16.0 Å². The summed E-state index contributed by atoms with van der Waals surface area (Å²) in [5, 5.41) is 9.47. The number of carbonyl (C=O) groups excluding carboxylic acids is 1. The van der Waals surface area contributed by atoms with E-state index in [1.165, 1.54) is 12.8 Å². The first-order valence-electron chi connectivity index (χ1n) is 8.50. The summed E-state index contributed by atoms with van der Waals surface area (Å²) in [7, 11) is 0. The third kappa shape index (κ3) is 12.5. The van der Waals surface area contributed by atoms with Gasteiger partial charge in [0.25, 0.3) is 0 Å². The molecule has 130 valence electrons. The highest BCUT2D eigenvalue weighted by Gasteiger charge is 2.13. The first-order valence-corrected chi connectivity index (χ1v) is 8.50. The zero-order valence-electron chi connectivity index (χ0n) is 15.5. The third-order valence-corrected chi connectivity index (χ3v) is 3.04. The maximum atomic E-state index is 11.8. The molecule has 0 bridgehead atoms. The number of aliphatic imine (C=N–C) groups is 1. The molecule has 5 nitrogen and oxygen atoms in total. The van der Waals surface area contributed by atoms with Gasteiger partial charge in [-0.25, -0.2) is 4.99 Å². The molecule has 0 aromatic rings.